The number of hydrogen-bond donors (Lipinski definition) is 0. The third kappa shape index (κ3) is 4.67. The molecule has 25 heavy (non-hydrogen) atoms. The molecule has 0 aromatic heterocycles. The maximum absolute atomic E-state index is 5.77. The standard InChI is InChI=1S/C19H28BrN3O2/c1-3-24-17-11-15(12-18(19(17)20)25-4-2)13-22-8-5-16(6-9-22)23-10-7-21-14-23/h11-12,14,16H,3-10,13H2,1-2H3. The largest absolute Gasteiger partial charge is 0.493 e. The van der Waals surface area contributed by atoms with Gasteiger partial charge in [-0.25, -0.2) is 0 Å². The normalized spacial score (nSPS) is 18.8. The molecule has 1 aromatic carbocycles. The summed E-state index contributed by atoms with van der Waals surface area (Å²) >= 11 is 3.61. The molecule has 2 aliphatic heterocycles. The molecule has 0 atom stereocenters. The number of rotatable bonds is 7. The molecule has 0 saturated carbocycles. The van der Waals surface area contributed by atoms with Crippen molar-refractivity contribution < 1.29 is 9.47 Å². The smallest absolute Gasteiger partial charge is 0.137 e. The Labute approximate surface area is 159 Å². The van der Waals surface area contributed by atoms with Crippen molar-refractivity contribution in [3.05, 3.63) is 22.2 Å². The van der Waals surface area contributed by atoms with Crippen LogP contribution in [0.4, 0.5) is 0 Å². The van der Waals surface area contributed by atoms with Crippen LogP contribution in [-0.2, 0) is 6.54 Å². The van der Waals surface area contributed by atoms with E-state index in [2.05, 4.69) is 42.9 Å². The predicted molar refractivity (Wildman–Crippen MR) is 105 cm³/mol. The summed E-state index contributed by atoms with van der Waals surface area (Å²) in [4.78, 5) is 9.28. The highest BCUT2D eigenvalue weighted by molar-refractivity contribution is 9.10. The number of nitrogens with zero attached hydrogens (tertiary/aromatic N) is 3. The highest BCUT2D eigenvalue weighted by atomic mass is 79.9. The van der Waals surface area contributed by atoms with Gasteiger partial charge in [0.1, 0.15) is 16.0 Å². The van der Waals surface area contributed by atoms with Crippen LogP contribution in [0.25, 0.3) is 0 Å². The Balaban J connectivity index is 1.63. The molecule has 0 aliphatic carbocycles. The zero-order valence-electron chi connectivity index (χ0n) is 15.2. The van der Waals surface area contributed by atoms with Crippen molar-refractivity contribution in [2.24, 2.45) is 4.99 Å². The van der Waals surface area contributed by atoms with Crippen LogP contribution in [0.3, 0.4) is 0 Å². The van der Waals surface area contributed by atoms with Crippen molar-refractivity contribution in [2.75, 3.05) is 39.4 Å². The minimum atomic E-state index is 0.649. The number of benzene rings is 1. The van der Waals surface area contributed by atoms with Gasteiger partial charge in [-0.05, 0) is 60.3 Å². The van der Waals surface area contributed by atoms with Crippen LogP contribution >= 0.6 is 15.9 Å². The number of piperidine rings is 1. The first-order chi connectivity index (χ1) is 12.2. The van der Waals surface area contributed by atoms with Crippen molar-refractivity contribution in [1.82, 2.24) is 9.80 Å². The predicted octanol–water partition coefficient (Wildman–Crippen LogP) is 3.55. The topological polar surface area (TPSA) is 37.3 Å². The van der Waals surface area contributed by atoms with Crippen molar-refractivity contribution >= 4 is 22.3 Å². The molecule has 0 amide bonds. The first-order valence-electron chi connectivity index (χ1n) is 9.27. The Kier molecular flexibility index (Phi) is 6.59. The van der Waals surface area contributed by atoms with Gasteiger partial charge in [-0.2, -0.15) is 0 Å². The van der Waals surface area contributed by atoms with Crippen molar-refractivity contribution in [2.45, 2.75) is 39.3 Å². The van der Waals surface area contributed by atoms with E-state index < -0.39 is 0 Å². The fourth-order valence-corrected chi connectivity index (χ4v) is 4.03. The van der Waals surface area contributed by atoms with Crippen LogP contribution in [0, 0.1) is 0 Å². The van der Waals surface area contributed by atoms with Gasteiger partial charge in [-0.15, -0.1) is 0 Å². The van der Waals surface area contributed by atoms with Gasteiger partial charge >= 0.3 is 0 Å². The SMILES string of the molecule is CCOc1cc(CN2CCC(N3C=NCC3)CC2)cc(OCC)c1Br. The molecule has 0 N–H and O–H groups in total. The molecule has 0 bridgehead atoms. The lowest BCUT2D eigenvalue weighted by molar-refractivity contribution is 0.155. The number of halogens is 1. The zero-order chi connectivity index (χ0) is 17.6. The van der Waals surface area contributed by atoms with Crippen LogP contribution in [0.2, 0.25) is 0 Å². The van der Waals surface area contributed by atoms with E-state index in [9.17, 15) is 0 Å². The summed E-state index contributed by atoms with van der Waals surface area (Å²) in [6, 6.07) is 4.93. The molecule has 1 fully saturated rings. The van der Waals surface area contributed by atoms with E-state index in [1.807, 2.05) is 20.2 Å². The molecule has 138 valence electrons. The Morgan fingerprint density at radius 1 is 1.08 bits per heavy atom. The Morgan fingerprint density at radius 2 is 1.72 bits per heavy atom. The van der Waals surface area contributed by atoms with Gasteiger partial charge in [0.15, 0.2) is 0 Å². The van der Waals surface area contributed by atoms with Crippen molar-refractivity contribution in [3.63, 3.8) is 0 Å². The second kappa shape index (κ2) is 8.90. The van der Waals surface area contributed by atoms with E-state index in [1.54, 1.807) is 0 Å². The van der Waals surface area contributed by atoms with E-state index in [0.717, 1.165) is 48.7 Å². The fourth-order valence-electron chi connectivity index (χ4n) is 3.58. The van der Waals surface area contributed by atoms with Crippen LogP contribution in [0.1, 0.15) is 32.3 Å². The molecule has 1 saturated heterocycles. The van der Waals surface area contributed by atoms with Gasteiger partial charge < -0.3 is 14.4 Å². The van der Waals surface area contributed by atoms with Gasteiger partial charge in [-0.3, -0.25) is 9.89 Å². The zero-order valence-corrected chi connectivity index (χ0v) is 16.8. The Hall–Kier alpha value is -1.27. The van der Waals surface area contributed by atoms with Crippen LogP contribution in [0.15, 0.2) is 21.6 Å². The summed E-state index contributed by atoms with van der Waals surface area (Å²) in [5.74, 6) is 1.73. The molecular formula is C19H28BrN3O2. The minimum Gasteiger partial charge on any atom is -0.493 e. The summed E-state index contributed by atoms with van der Waals surface area (Å²) in [5.41, 5.74) is 1.25. The molecular weight excluding hydrogens is 382 g/mol. The van der Waals surface area contributed by atoms with E-state index in [4.69, 9.17) is 9.47 Å². The quantitative estimate of drug-likeness (QED) is 0.689. The van der Waals surface area contributed by atoms with Crippen LogP contribution in [-0.4, -0.2) is 61.6 Å². The number of ether oxygens (including phenoxy) is 2. The summed E-state index contributed by atoms with van der Waals surface area (Å²) in [5, 5.41) is 0. The number of aliphatic imine (C=N–C) groups is 1. The third-order valence-corrected chi connectivity index (χ3v) is 5.60. The summed E-state index contributed by atoms with van der Waals surface area (Å²) in [7, 11) is 0. The third-order valence-electron chi connectivity index (χ3n) is 4.81. The molecule has 0 radical (unpaired) electrons. The van der Waals surface area contributed by atoms with Gasteiger partial charge in [-0.1, -0.05) is 0 Å². The van der Waals surface area contributed by atoms with Gasteiger partial charge in [0.25, 0.3) is 0 Å². The molecule has 5 nitrogen and oxygen atoms in total. The average molecular weight is 410 g/mol. The molecule has 2 aliphatic rings. The summed E-state index contributed by atoms with van der Waals surface area (Å²) in [6.07, 6.45) is 4.45. The first kappa shape index (κ1) is 18.5. The van der Waals surface area contributed by atoms with E-state index in [0.29, 0.717) is 19.3 Å². The van der Waals surface area contributed by atoms with E-state index in [1.165, 1.54) is 18.4 Å². The number of hydrogen-bond acceptors (Lipinski definition) is 5. The summed E-state index contributed by atoms with van der Waals surface area (Å²) in [6.45, 7) is 10.5. The van der Waals surface area contributed by atoms with Crippen molar-refractivity contribution in [1.29, 1.82) is 0 Å². The molecule has 3 rings (SSSR count). The molecule has 1 aromatic rings. The molecule has 6 heteroatoms. The van der Waals surface area contributed by atoms with Gasteiger partial charge in [0.2, 0.25) is 0 Å². The molecule has 2 heterocycles. The first-order valence-corrected chi connectivity index (χ1v) is 10.1. The van der Waals surface area contributed by atoms with Gasteiger partial charge in [0, 0.05) is 32.2 Å². The minimum absolute atomic E-state index is 0.649. The lowest BCUT2D eigenvalue weighted by Crippen LogP contribution is -2.43. The second-order valence-corrected chi connectivity index (χ2v) is 7.33. The van der Waals surface area contributed by atoms with Crippen LogP contribution in [0.5, 0.6) is 11.5 Å². The highest BCUT2D eigenvalue weighted by Gasteiger charge is 2.24. The molecule has 0 spiro atoms. The van der Waals surface area contributed by atoms with E-state index in [-0.39, 0.29) is 0 Å². The lowest BCUT2D eigenvalue weighted by atomic mass is 10.0. The second-order valence-electron chi connectivity index (χ2n) is 6.54. The van der Waals surface area contributed by atoms with E-state index >= 15 is 0 Å². The Bertz CT molecular complexity index is 573. The van der Waals surface area contributed by atoms with Crippen molar-refractivity contribution in [3.8, 4) is 11.5 Å². The highest BCUT2D eigenvalue weighted by Crippen LogP contribution is 2.36. The summed E-state index contributed by atoms with van der Waals surface area (Å²) < 4.78 is 12.5. The van der Waals surface area contributed by atoms with Crippen LogP contribution < -0.4 is 9.47 Å². The monoisotopic (exact) mass is 409 g/mol. The lowest BCUT2D eigenvalue weighted by Gasteiger charge is -2.36. The fraction of sp³-hybridized carbons (Fsp3) is 0.632. The molecule has 0 unspecified atom stereocenters. The average Bonchev–Trinajstić information content (AvgIpc) is 3.15. The van der Waals surface area contributed by atoms with Gasteiger partial charge in [0.05, 0.1) is 26.1 Å². The maximum Gasteiger partial charge on any atom is 0.137 e. The maximum atomic E-state index is 5.77. The Morgan fingerprint density at radius 3 is 2.24 bits per heavy atom. The number of likely N-dealkylation sites (tertiary alicyclic amines) is 1.